The van der Waals surface area contributed by atoms with Crippen molar-refractivity contribution in [3.8, 4) is 12.3 Å². The van der Waals surface area contributed by atoms with Crippen molar-refractivity contribution in [2.75, 3.05) is 19.8 Å². The number of aliphatic hydroxyl groups is 1. The standard InChI is InChI=1S/C39H54N2O4/c1-6-39(43)19-16-33-31-13-12-29-24-30(14-17-36(29,4)32(31)15-18-37(33,39)5)41-45-26-35(42)40-22-20-38(28-10-8-7-9-11-28)21-23-44-34(25-38)27(2)3/h1,7-11,24,27,31-34,43H,12-23,25-26H2,2-5H3,(H,40,42)/t31-,32+,33-,34-,36+,37+,38+,39+/m1/s1. The Morgan fingerprint density at radius 3 is 2.64 bits per heavy atom. The average molecular weight is 615 g/mol. The van der Waals surface area contributed by atoms with Crippen molar-refractivity contribution in [3.63, 3.8) is 0 Å². The molecule has 6 nitrogen and oxygen atoms in total. The molecule has 45 heavy (non-hydrogen) atoms. The van der Waals surface area contributed by atoms with Crippen molar-refractivity contribution in [2.45, 2.75) is 115 Å². The molecule has 4 fully saturated rings. The Kier molecular flexibility index (Phi) is 9.00. The zero-order chi connectivity index (χ0) is 31.9. The van der Waals surface area contributed by atoms with Gasteiger partial charge in [-0.05, 0) is 111 Å². The lowest BCUT2D eigenvalue weighted by Crippen LogP contribution is -2.54. The number of nitrogens with one attached hydrogen (secondary N) is 1. The van der Waals surface area contributed by atoms with Crippen LogP contribution in [0.15, 0.2) is 47.1 Å². The molecule has 5 aliphatic rings. The summed E-state index contributed by atoms with van der Waals surface area (Å²) in [5.41, 5.74) is 2.80. The van der Waals surface area contributed by atoms with E-state index in [4.69, 9.17) is 16.0 Å². The van der Waals surface area contributed by atoms with Crippen LogP contribution in [0.3, 0.4) is 0 Å². The van der Waals surface area contributed by atoms with Crippen molar-refractivity contribution in [1.82, 2.24) is 5.32 Å². The number of allylic oxidation sites excluding steroid dienone is 2. The zero-order valence-corrected chi connectivity index (χ0v) is 27.9. The molecule has 0 spiro atoms. The van der Waals surface area contributed by atoms with Crippen LogP contribution < -0.4 is 5.32 Å². The minimum absolute atomic E-state index is 0.00000715. The number of carbonyl (C=O) groups excluding carboxylic acids is 1. The maximum atomic E-state index is 12.8. The van der Waals surface area contributed by atoms with Crippen LogP contribution in [-0.4, -0.2) is 48.2 Å². The van der Waals surface area contributed by atoms with Gasteiger partial charge in [-0.15, -0.1) is 6.42 Å². The van der Waals surface area contributed by atoms with E-state index in [9.17, 15) is 9.90 Å². The molecule has 0 unspecified atom stereocenters. The second-order valence-corrected chi connectivity index (χ2v) is 15.7. The van der Waals surface area contributed by atoms with Crippen LogP contribution in [0.5, 0.6) is 0 Å². The van der Waals surface area contributed by atoms with E-state index in [0.29, 0.717) is 30.2 Å². The summed E-state index contributed by atoms with van der Waals surface area (Å²) in [7, 11) is 0. The van der Waals surface area contributed by atoms with Gasteiger partial charge in [0.25, 0.3) is 5.91 Å². The molecule has 0 aromatic heterocycles. The molecule has 2 N–H and O–H groups in total. The molecular weight excluding hydrogens is 560 g/mol. The number of rotatable bonds is 8. The SMILES string of the molecule is C#C[C@]1(O)CC[C@@H]2[C@@H]3CCC4=CC(=NOCC(=O)NCC[C@]5(c6ccccc6)CCO[C@@H](C(C)C)C5)CC[C@]4(C)[C@H]3CC[C@@]21C. The van der Waals surface area contributed by atoms with Crippen LogP contribution in [0, 0.1) is 46.8 Å². The number of carbonyl (C=O) groups is 1. The van der Waals surface area contributed by atoms with Crippen LogP contribution >= 0.6 is 0 Å². The highest BCUT2D eigenvalue weighted by molar-refractivity contribution is 5.96. The Morgan fingerprint density at radius 1 is 1.11 bits per heavy atom. The quantitative estimate of drug-likeness (QED) is 0.245. The number of hydrogen-bond acceptors (Lipinski definition) is 5. The molecule has 1 amide bonds. The summed E-state index contributed by atoms with van der Waals surface area (Å²) in [6.45, 7) is 10.4. The molecule has 1 aromatic rings. The van der Waals surface area contributed by atoms with Crippen LogP contribution in [0.4, 0.5) is 0 Å². The molecule has 244 valence electrons. The first-order valence-electron chi connectivity index (χ1n) is 17.6. The predicted octanol–water partition coefficient (Wildman–Crippen LogP) is 6.97. The van der Waals surface area contributed by atoms with E-state index in [1.54, 1.807) is 0 Å². The highest BCUT2D eigenvalue weighted by Crippen LogP contribution is 2.67. The third-order valence-corrected chi connectivity index (χ3v) is 13.3. The lowest BCUT2D eigenvalue weighted by Gasteiger charge is -2.58. The third-order valence-electron chi connectivity index (χ3n) is 13.3. The van der Waals surface area contributed by atoms with Gasteiger partial charge in [-0.3, -0.25) is 4.79 Å². The number of nitrogens with zero attached hydrogens (tertiary/aromatic N) is 1. The molecular formula is C39H54N2O4. The smallest absolute Gasteiger partial charge is 0.260 e. The second kappa shape index (κ2) is 12.5. The molecule has 1 aromatic carbocycles. The lowest BCUT2D eigenvalue weighted by atomic mass is 9.46. The van der Waals surface area contributed by atoms with Gasteiger partial charge in [0.2, 0.25) is 0 Å². The molecule has 1 saturated heterocycles. The summed E-state index contributed by atoms with van der Waals surface area (Å²) < 4.78 is 6.11. The first kappa shape index (κ1) is 32.3. The van der Waals surface area contributed by atoms with E-state index < -0.39 is 5.60 Å². The van der Waals surface area contributed by atoms with Crippen LogP contribution in [-0.2, 0) is 19.8 Å². The average Bonchev–Trinajstić information content (AvgIpc) is 3.32. The van der Waals surface area contributed by atoms with Gasteiger partial charge < -0.3 is 20.0 Å². The maximum absolute atomic E-state index is 12.8. The highest BCUT2D eigenvalue weighted by Gasteiger charge is 2.63. The number of terminal acetylenes is 1. The topological polar surface area (TPSA) is 80.2 Å². The number of fused-ring (bicyclic) bond motifs is 5. The summed E-state index contributed by atoms with van der Waals surface area (Å²) in [5, 5.41) is 18.8. The van der Waals surface area contributed by atoms with Gasteiger partial charge in [-0.1, -0.05) is 74.7 Å². The lowest BCUT2D eigenvalue weighted by molar-refractivity contribution is -0.125. The van der Waals surface area contributed by atoms with Crippen molar-refractivity contribution in [3.05, 3.63) is 47.5 Å². The third kappa shape index (κ3) is 5.78. The fourth-order valence-corrected chi connectivity index (χ4v) is 10.4. The van der Waals surface area contributed by atoms with Gasteiger partial charge in [0.05, 0.1) is 11.8 Å². The van der Waals surface area contributed by atoms with Crippen LogP contribution in [0.1, 0.15) is 104 Å². The van der Waals surface area contributed by atoms with Gasteiger partial charge in [0, 0.05) is 24.0 Å². The van der Waals surface area contributed by atoms with Gasteiger partial charge >= 0.3 is 0 Å². The Morgan fingerprint density at radius 2 is 1.89 bits per heavy atom. The van der Waals surface area contributed by atoms with E-state index in [2.05, 4.69) is 80.5 Å². The molecule has 1 heterocycles. The molecule has 6 rings (SSSR count). The van der Waals surface area contributed by atoms with Gasteiger partial charge in [-0.2, -0.15) is 0 Å². The molecule has 8 atom stereocenters. The van der Waals surface area contributed by atoms with Crippen molar-refractivity contribution in [1.29, 1.82) is 0 Å². The van der Waals surface area contributed by atoms with Crippen molar-refractivity contribution >= 4 is 11.6 Å². The Labute approximate surface area is 270 Å². The number of hydrogen-bond donors (Lipinski definition) is 2. The van der Waals surface area contributed by atoms with E-state index in [1.807, 2.05) is 0 Å². The Hall–Kier alpha value is -2.62. The Bertz CT molecular complexity index is 1350. The number of ether oxygens (including phenoxy) is 1. The Balaban J connectivity index is 1.03. The maximum Gasteiger partial charge on any atom is 0.260 e. The second-order valence-electron chi connectivity index (χ2n) is 15.7. The predicted molar refractivity (Wildman–Crippen MR) is 178 cm³/mol. The highest BCUT2D eigenvalue weighted by atomic mass is 16.6. The van der Waals surface area contributed by atoms with Crippen molar-refractivity contribution in [2.24, 2.45) is 39.7 Å². The molecule has 4 aliphatic carbocycles. The first-order chi connectivity index (χ1) is 21.5. The molecule has 6 heteroatoms. The van der Waals surface area contributed by atoms with E-state index in [0.717, 1.165) is 82.9 Å². The van der Waals surface area contributed by atoms with Crippen molar-refractivity contribution < 1.29 is 19.5 Å². The monoisotopic (exact) mass is 614 g/mol. The van der Waals surface area contributed by atoms with Gasteiger partial charge in [0.1, 0.15) is 5.60 Å². The normalized spacial score (nSPS) is 40.1. The number of benzene rings is 1. The van der Waals surface area contributed by atoms with Crippen LogP contribution in [0.2, 0.25) is 0 Å². The fourth-order valence-electron chi connectivity index (χ4n) is 10.4. The minimum Gasteiger partial charge on any atom is -0.385 e. The summed E-state index contributed by atoms with van der Waals surface area (Å²) in [6.07, 6.45) is 19.2. The summed E-state index contributed by atoms with van der Waals surface area (Å²) in [6, 6.07) is 10.7. The number of amides is 1. The minimum atomic E-state index is -0.958. The van der Waals surface area contributed by atoms with Gasteiger partial charge in [-0.25, -0.2) is 0 Å². The molecule has 0 bridgehead atoms. The summed E-state index contributed by atoms with van der Waals surface area (Å²) in [4.78, 5) is 18.4. The zero-order valence-electron chi connectivity index (χ0n) is 27.9. The molecule has 0 radical (unpaired) electrons. The first-order valence-corrected chi connectivity index (χ1v) is 17.6. The van der Waals surface area contributed by atoms with Crippen LogP contribution in [0.25, 0.3) is 0 Å². The van der Waals surface area contributed by atoms with Gasteiger partial charge in [0.15, 0.2) is 6.61 Å². The molecule has 3 saturated carbocycles. The number of oxime groups is 1. The largest absolute Gasteiger partial charge is 0.385 e. The molecule has 1 aliphatic heterocycles. The summed E-state index contributed by atoms with van der Waals surface area (Å²) in [5.74, 6) is 4.86. The van der Waals surface area contributed by atoms with E-state index in [-0.39, 0.29) is 34.9 Å². The summed E-state index contributed by atoms with van der Waals surface area (Å²) >= 11 is 0. The van der Waals surface area contributed by atoms with E-state index >= 15 is 0 Å². The van der Waals surface area contributed by atoms with E-state index in [1.165, 1.54) is 11.1 Å². The fraction of sp³-hybridized carbons (Fsp3) is 0.692.